The minimum Gasteiger partial charge on any atom is -0.369 e. The molecule has 0 amide bonds. The van der Waals surface area contributed by atoms with E-state index in [2.05, 4.69) is 26.1 Å². The number of benzene rings is 1. The van der Waals surface area contributed by atoms with Crippen LogP contribution in [0.3, 0.4) is 0 Å². The average molecular weight is 277 g/mol. The highest BCUT2D eigenvalue weighted by Crippen LogP contribution is 2.20. The van der Waals surface area contributed by atoms with Crippen LogP contribution < -0.4 is 11.5 Å². The predicted molar refractivity (Wildman–Crippen MR) is 57.5 cm³/mol. The second-order valence-electron chi connectivity index (χ2n) is 2.53. The van der Waals surface area contributed by atoms with Gasteiger partial charge in [-0.05, 0) is 12.1 Å². The van der Waals surface area contributed by atoms with E-state index in [-0.39, 0.29) is 11.5 Å². The fraction of sp³-hybridized carbons (Fsp3) is 0. The monoisotopic (exact) mass is 276 g/mol. The number of hydrogen-bond donors (Lipinski definition) is 2. The summed E-state index contributed by atoms with van der Waals surface area (Å²) in [5, 5.41) is 6.64. The molecule has 80 valence electrons. The molecule has 1 rings (SSSR count). The van der Waals surface area contributed by atoms with Crippen molar-refractivity contribution >= 4 is 28.1 Å². The van der Waals surface area contributed by atoms with Gasteiger partial charge in [-0.1, -0.05) is 15.9 Å². The molecule has 0 spiro atoms. The lowest BCUT2D eigenvalue weighted by atomic mass is 10.2. The maximum atomic E-state index is 13.2. The highest BCUT2D eigenvalue weighted by atomic mass is 79.9. The first kappa shape index (κ1) is 11.6. The zero-order chi connectivity index (χ0) is 11.4. The number of guanidine groups is 1. The van der Waals surface area contributed by atoms with E-state index in [1.165, 1.54) is 6.07 Å². The van der Waals surface area contributed by atoms with Crippen molar-refractivity contribution in [2.24, 2.45) is 21.7 Å². The molecule has 0 bridgehead atoms. The second-order valence-corrected chi connectivity index (χ2v) is 3.38. The SMILES string of the molecule is NC(N)=NN=Cc1c(Br)ccc(F)c1F. The van der Waals surface area contributed by atoms with Crippen LogP contribution in [0.25, 0.3) is 0 Å². The van der Waals surface area contributed by atoms with Gasteiger partial charge in [0.15, 0.2) is 11.6 Å². The molecular weight excluding hydrogens is 270 g/mol. The van der Waals surface area contributed by atoms with Gasteiger partial charge in [-0.15, -0.1) is 5.10 Å². The molecule has 4 N–H and O–H groups in total. The Kier molecular flexibility index (Phi) is 3.73. The number of nitrogens with zero attached hydrogens (tertiary/aromatic N) is 2. The standard InChI is InChI=1S/C8H7BrF2N4/c9-5-1-2-6(10)7(11)4(5)3-14-15-8(12)13/h1-3H,(H4,12,13,15). The molecule has 0 aliphatic heterocycles. The summed E-state index contributed by atoms with van der Waals surface area (Å²) in [5.41, 5.74) is 9.94. The Bertz CT molecular complexity index is 427. The number of rotatable bonds is 2. The summed E-state index contributed by atoms with van der Waals surface area (Å²) in [6.07, 6.45) is 1.02. The first-order chi connectivity index (χ1) is 7.02. The summed E-state index contributed by atoms with van der Waals surface area (Å²) in [4.78, 5) is 0. The van der Waals surface area contributed by atoms with Crippen molar-refractivity contribution in [3.8, 4) is 0 Å². The summed E-state index contributed by atoms with van der Waals surface area (Å²) in [6.45, 7) is 0. The van der Waals surface area contributed by atoms with Crippen LogP contribution in [-0.4, -0.2) is 12.2 Å². The Labute approximate surface area is 92.8 Å². The molecule has 0 heterocycles. The van der Waals surface area contributed by atoms with Crippen LogP contribution in [0.15, 0.2) is 26.8 Å². The molecule has 0 atom stereocenters. The van der Waals surface area contributed by atoms with Crippen molar-refractivity contribution in [3.63, 3.8) is 0 Å². The molecule has 0 aliphatic rings. The summed E-state index contributed by atoms with van der Waals surface area (Å²) in [5.74, 6) is -2.25. The fourth-order valence-corrected chi connectivity index (χ4v) is 1.22. The fourth-order valence-electron chi connectivity index (χ4n) is 0.814. The highest BCUT2D eigenvalue weighted by molar-refractivity contribution is 9.10. The van der Waals surface area contributed by atoms with E-state index in [9.17, 15) is 8.78 Å². The Morgan fingerprint density at radius 2 is 2.00 bits per heavy atom. The van der Waals surface area contributed by atoms with Gasteiger partial charge in [0.1, 0.15) is 0 Å². The molecule has 1 aromatic rings. The number of nitrogens with two attached hydrogens (primary N) is 2. The van der Waals surface area contributed by atoms with Crippen LogP contribution in [-0.2, 0) is 0 Å². The van der Waals surface area contributed by atoms with Crippen molar-refractivity contribution in [1.82, 2.24) is 0 Å². The van der Waals surface area contributed by atoms with Gasteiger partial charge in [-0.25, -0.2) is 8.78 Å². The van der Waals surface area contributed by atoms with Gasteiger partial charge in [0, 0.05) is 10.0 Å². The average Bonchev–Trinajstić information content (AvgIpc) is 2.17. The quantitative estimate of drug-likeness (QED) is 0.370. The second kappa shape index (κ2) is 4.83. The zero-order valence-corrected chi connectivity index (χ0v) is 9.00. The topological polar surface area (TPSA) is 76.8 Å². The van der Waals surface area contributed by atoms with E-state index in [1.54, 1.807) is 0 Å². The molecule has 0 radical (unpaired) electrons. The lowest BCUT2D eigenvalue weighted by Gasteiger charge is -1.99. The maximum absolute atomic E-state index is 13.2. The smallest absolute Gasteiger partial charge is 0.211 e. The van der Waals surface area contributed by atoms with Gasteiger partial charge in [-0.2, -0.15) is 5.10 Å². The molecule has 7 heteroatoms. The Hall–Kier alpha value is -1.50. The van der Waals surface area contributed by atoms with Crippen LogP contribution >= 0.6 is 15.9 Å². The van der Waals surface area contributed by atoms with Gasteiger partial charge in [0.2, 0.25) is 5.96 Å². The molecule has 1 aromatic carbocycles. The summed E-state index contributed by atoms with van der Waals surface area (Å²) in [6, 6.07) is 2.35. The van der Waals surface area contributed by atoms with Gasteiger partial charge >= 0.3 is 0 Å². The van der Waals surface area contributed by atoms with Gasteiger partial charge in [0.25, 0.3) is 0 Å². The molecule has 0 unspecified atom stereocenters. The predicted octanol–water partition coefficient (Wildman–Crippen LogP) is 1.33. The van der Waals surface area contributed by atoms with Crippen molar-refractivity contribution < 1.29 is 8.78 Å². The van der Waals surface area contributed by atoms with E-state index >= 15 is 0 Å². The summed E-state index contributed by atoms with van der Waals surface area (Å²) >= 11 is 3.04. The zero-order valence-electron chi connectivity index (χ0n) is 7.42. The first-order valence-electron chi connectivity index (χ1n) is 3.78. The van der Waals surface area contributed by atoms with E-state index in [1.807, 2.05) is 0 Å². The van der Waals surface area contributed by atoms with Crippen LogP contribution in [0.4, 0.5) is 8.78 Å². The van der Waals surface area contributed by atoms with Crippen molar-refractivity contribution in [3.05, 3.63) is 33.8 Å². The lowest BCUT2D eigenvalue weighted by molar-refractivity contribution is 0.507. The first-order valence-corrected chi connectivity index (χ1v) is 4.57. The maximum Gasteiger partial charge on any atom is 0.211 e. The van der Waals surface area contributed by atoms with Crippen molar-refractivity contribution in [2.45, 2.75) is 0 Å². The van der Waals surface area contributed by atoms with E-state index in [0.29, 0.717) is 4.47 Å². The van der Waals surface area contributed by atoms with Gasteiger partial charge in [-0.3, -0.25) is 0 Å². The number of hydrogen-bond acceptors (Lipinski definition) is 2. The Morgan fingerprint density at radius 3 is 2.60 bits per heavy atom. The van der Waals surface area contributed by atoms with Crippen LogP contribution in [0.1, 0.15) is 5.56 Å². The molecule has 0 saturated carbocycles. The lowest BCUT2D eigenvalue weighted by Crippen LogP contribution is -2.21. The van der Waals surface area contributed by atoms with E-state index < -0.39 is 11.6 Å². The third-order valence-electron chi connectivity index (χ3n) is 1.44. The molecule has 15 heavy (non-hydrogen) atoms. The molecule has 0 fully saturated rings. The molecule has 4 nitrogen and oxygen atoms in total. The molecule has 0 saturated heterocycles. The minimum atomic E-state index is -1.01. The van der Waals surface area contributed by atoms with Crippen molar-refractivity contribution in [2.75, 3.05) is 0 Å². The normalized spacial score (nSPS) is 10.6. The van der Waals surface area contributed by atoms with E-state index in [0.717, 1.165) is 12.3 Å². The van der Waals surface area contributed by atoms with Crippen LogP contribution in [0.2, 0.25) is 0 Å². The molecule has 0 aliphatic carbocycles. The van der Waals surface area contributed by atoms with E-state index in [4.69, 9.17) is 11.5 Å². The van der Waals surface area contributed by atoms with Crippen LogP contribution in [0.5, 0.6) is 0 Å². The minimum absolute atomic E-state index is 0.0556. The number of halogens is 3. The van der Waals surface area contributed by atoms with Crippen molar-refractivity contribution in [1.29, 1.82) is 0 Å². The summed E-state index contributed by atoms with van der Waals surface area (Å²) < 4.78 is 26.3. The van der Waals surface area contributed by atoms with Gasteiger partial charge in [0.05, 0.1) is 6.21 Å². The molecular formula is C8H7BrF2N4. The van der Waals surface area contributed by atoms with Crippen LogP contribution in [0, 0.1) is 11.6 Å². The highest BCUT2D eigenvalue weighted by Gasteiger charge is 2.09. The third-order valence-corrected chi connectivity index (χ3v) is 2.13. The summed E-state index contributed by atoms with van der Waals surface area (Å²) in [7, 11) is 0. The molecule has 0 aromatic heterocycles. The Balaban J connectivity index is 3.09. The Morgan fingerprint density at radius 1 is 1.33 bits per heavy atom. The third kappa shape index (κ3) is 2.98. The largest absolute Gasteiger partial charge is 0.369 e. The van der Waals surface area contributed by atoms with Gasteiger partial charge < -0.3 is 11.5 Å².